The van der Waals surface area contributed by atoms with Crippen LogP contribution < -0.4 is 5.48 Å². The molecule has 0 spiro atoms. The zero-order valence-electron chi connectivity index (χ0n) is 15.5. The van der Waals surface area contributed by atoms with Gasteiger partial charge in [0.05, 0.1) is 13.2 Å². The van der Waals surface area contributed by atoms with Gasteiger partial charge in [0.2, 0.25) is 0 Å². The quantitative estimate of drug-likeness (QED) is 0.455. The van der Waals surface area contributed by atoms with E-state index < -0.39 is 24.8 Å². The summed E-state index contributed by atoms with van der Waals surface area (Å²) in [6, 6.07) is 9.04. The molecule has 0 aromatic heterocycles. The molecule has 0 aliphatic rings. The number of Topliss-reactive ketones (excluding diaryl/α,β-unsaturated/α-hetero) is 1. The van der Waals surface area contributed by atoms with E-state index in [-0.39, 0.29) is 26.2 Å². The Morgan fingerprint density at radius 2 is 1.65 bits per heavy atom. The summed E-state index contributed by atoms with van der Waals surface area (Å²) < 4.78 is 28.5. The van der Waals surface area contributed by atoms with Gasteiger partial charge in [-0.15, -0.1) is 0 Å². The van der Waals surface area contributed by atoms with Crippen molar-refractivity contribution in [3.8, 4) is 0 Å². The Morgan fingerprint density at radius 1 is 1.08 bits per heavy atom. The van der Waals surface area contributed by atoms with E-state index in [1.165, 1.54) is 6.92 Å². The Bertz CT molecular complexity index is 627. The third-order valence-electron chi connectivity index (χ3n) is 3.51. The SMILES string of the molecule is CCOP(=O)(OCC)[C@@](C)(ONC(=O)OCc1ccccc1)C(=O)CC. The maximum atomic E-state index is 13.0. The summed E-state index contributed by atoms with van der Waals surface area (Å²) in [5, 5.41) is -1.99. The predicted molar refractivity (Wildman–Crippen MR) is 95.4 cm³/mol. The highest BCUT2D eigenvalue weighted by molar-refractivity contribution is 7.56. The van der Waals surface area contributed by atoms with Crippen molar-refractivity contribution in [2.45, 2.75) is 46.1 Å². The molecule has 1 rings (SSSR count). The van der Waals surface area contributed by atoms with Crippen LogP contribution in [-0.2, 0) is 34.6 Å². The fourth-order valence-electron chi connectivity index (χ4n) is 2.11. The van der Waals surface area contributed by atoms with E-state index in [4.69, 9.17) is 18.6 Å². The lowest BCUT2D eigenvalue weighted by Gasteiger charge is -2.33. The van der Waals surface area contributed by atoms with Gasteiger partial charge in [-0.1, -0.05) is 37.3 Å². The number of rotatable bonds is 11. The fraction of sp³-hybridized carbons (Fsp3) is 0.529. The molecule has 0 saturated heterocycles. The number of hydroxylamine groups is 1. The standard InChI is InChI=1S/C17H26NO7P/c1-5-15(19)17(4,26(21,23-6-2)24-7-3)25-18-16(20)22-13-14-11-9-8-10-12-14/h8-12H,5-7,13H2,1-4H3,(H,18,20)/t17-/m1/s1. The van der Waals surface area contributed by atoms with Crippen LogP contribution in [0.15, 0.2) is 30.3 Å². The van der Waals surface area contributed by atoms with E-state index in [0.717, 1.165) is 5.56 Å². The minimum Gasteiger partial charge on any atom is -0.443 e. The van der Waals surface area contributed by atoms with Crippen LogP contribution >= 0.6 is 7.60 Å². The summed E-state index contributed by atoms with van der Waals surface area (Å²) in [6.45, 7) is 6.19. The molecule has 146 valence electrons. The second-order valence-corrected chi connectivity index (χ2v) is 7.72. The van der Waals surface area contributed by atoms with Gasteiger partial charge in [-0.3, -0.25) is 9.36 Å². The Labute approximate surface area is 153 Å². The van der Waals surface area contributed by atoms with Gasteiger partial charge in [-0.2, -0.15) is 5.48 Å². The van der Waals surface area contributed by atoms with Gasteiger partial charge in [0.25, 0.3) is 5.34 Å². The number of hydrogen-bond acceptors (Lipinski definition) is 7. The van der Waals surface area contributed by atoms with Crippen LogP contribution in [0.2, 0.25) is 0 Å². The van der Waals surface area contributed by atoms with Crippen LogP contribution in [0.3, 0.4) is 0 Å². The predicted octanol–water partition coefficient (Wildman–Crippen LogP) is 3.81. The van der Waals surface area contributed by atoms with Crippen molar-refractivity contribution >= 4 is 19.5 Å². The lowest BCUT2D eigenvalue weighted by Crippen LogP contribution is -2.45. The van der Waals surface area contributed by atoms with E-state index in [0.29, 0.717) is 0 Å². The van der Waals surface area contributed by atoms with Crippen LogP contribution in [0, 0.1) is 0 Å². The van der Waals surface area contributed by atoms with Gasteiger partial charge in [0, 0.05) is 6.42 Å². The number of amides is 1. The molecule has 0 heterocycles. The monoisotopic (exact) mass is 387 g/mol. The number of ketones is 1. The fourth-order valence-corrected chi connectivity index (χ4v) is 3.98. The van der Waals surface area contributed by atoms with E-state index >= 15 is 0 Å². The first-order chi connectivity index (χ1) is 12.3. The van der Waals surface area contributed by atoms with E-state index in [2.05, 4.69) is 0 Å². The Balaban J connectivity index is 2.81. The molecular formula is C17H26NO7P. The number of hydrogen-bond donors (Lipinski definition) is 1. The maximum Gasteiger partial charge on any atom is 0.431 e. The first-order valence-electron chi connectivity index (χ1n) is 8.40. The third-order valence-corrected chi connectivity index (χ3v) is 6.09. The molecule has 0 fully saturated rings. The molecule has 1 aromatic carbocycles. The second-order valence-electron chi connectivity index (χ2n) is 5.36. The second kappa shape index (κ2) is 10.4. The van der Waals surface area contributed by atoms with E-state index in [1.807, 2.05) is 23.7 Å². The summed E-state index contributed by atoms with van der Waals surface area (Å²) >= 11 is 0. The molecule has 1 aromatic rings. The van der Waals surface area contributed by atoms with Crippen LogP contribution in [0.4, 0.5) is 4.79 Å². The van der Waals surface area contributed by atoms with Gasteiger partial charge in [-0.05, 0) is 26.3 Å². The molecule has 0 radical (unpaired) electrons. The molecule has 0 aliphatic carbocycles. The highest BCUT2D eigenvalue weighted by Crippen LogP contribution is 2.60. The Morgan fingerprint density at radius 3 is 2.15 bits per heavy atom. The van der Waals surface area contributed by atoms with E-state index in [9.17, 15) is 14.2 Å². The van der Waals surface area contributed by atoms with Crippen molar-refractivity contribution in [3.05, 3.63) is 35.9 Å². The molecule has 9 heteroatoms. The minimum absolute atomic E-state index is 0.0153. The minimum atomic E-state index is -3.99. The Kier molecular flexibility index (Phi) is 8.95. The summed E-state index contributed by atoms with van der Waals surface area (Å²) in [4.78, 5) is 29.5. The molecule has 0 unspecified atom stereocenters. The van der Waals surface area contributed by atoms with Crippen molar-refractivity contribution in [2.24, 2.45) is 0 Å². The first kappa shape index (κ1) is 22.3. The number of nitrogens with one attached hydrogen (secondary N) is 1. The van der Waals surface area contributed by atoms with Crippen LogP contribution in [-0.4, -0.2) is 30.4 Å². The number of ether oxygens (including phenoxy) is 1. The summed E-state index contributed by atoms with van der Waals surface area (Å²) in [5.41, 5.74) is 2.80. The summed E-state index contributed by atoms with van der Waals surface area (Å²) in [6.07, 6.45) is -0.912. The molecule has 0 bridgehead atoms. The molecule has 0 saturated carbocycles. The van der Waals surface area contributed by atoms with Crippen LogP contribution in [0.25, 0.3) is 0 Å². The molecule has 1 N–H and O–H groups in total. The highest BCUT2D eigenvalue weighted by Gasteiger charge is 2.54. The molecule has 8 nitrogen and oxygen atoms in total. The van der Waals surface area contributed by atoms with Gasteiger partial charge < -0.3 is 13.8 Å². The third kappa shape index (κ3) is 5.64. The lowest BCUT2D eigenvalue weighted by atomic mass is 10.2. The molecule has 0 aliphatic heterocycles. The maximum absolute atomic E-state index is 13.0. The summed E-state index contributed by atoms with van der Waals surface area (Å²) in [7, 11) is -3.99. The number of carbonyl (C=O) groups is 2. The van der Waals surface area contributed by atoms with Gasteiger partial charge in [0.1, 0.15) is 6.61 Å². The molecule has 1 atom stereocenters. The van der Waals surface area contributed by atoms with Crippen molar-refractivity contribution in [1.29, 1.82) is 0 Å². The smallest absolute Gasteiger partial charge is 0.431 e. The Hall–Kier alpha value is -1.73. The lowest BCUT2D eigenvalue weighted by molar-refractivity contribution is -0.141. The van der Waals surface area contributed by atoms with Crippen molar-refractivity contribution in [2.75, 3.05) is 13.2 Å². The van der Waals surface area contributed by atoms with Crippen molar-refractivity contribution < 1.29 is 32.8 Å². The molecular weight excluding hydrogens is 361 g/mol. The average Bonchev–Trinajstić information content (AvgIpc) is 2.64. The number of benzene rings is 1. The van der Waals surface area contributed by atoms with Gasteiger partial charge in [0.15, 0.2) is 5.78 Å². The first-order valence-corrected chi connectivity index (χ1v) is 9.94. The average molecular weight is 387 g/mol. The van der Waals surface area contributed by atoms with E-state index in [1.54, 1.807) is 32.9 Å². The largest absolute Gasteiger partial charge is 0.443 e. The molecule has 1 amide bonds. The topological polar surface area (TPSA) is 100 Å². The molecule has 26 heavy (non-hydrogen) atoms. The summed E-state index contributed by atoms with van der Waals surface area (Å²) in [5.74, 6) is -0.536. The van der Waals surface area contributed by atoms with Crippen molar-refractivity contribution in [1.82, 2.24) is 5.48 Å². The normalized spacial score (nSPS) is 13.7. The van der Waals surface area contributed by atoms with Crippen LogP contribution in [0.1, 0.15) is 39.7 Å². The van der Waals surface area contributed by atoms with Gasteiger partial charge >= 0.3 is 13.7 Å². The van der Waals surface area contributed by atoms with Crippen molar-refractivity contribution in [3.63, 3.8) is 0 Å². The highest BCUT2D eigenvalue weighted by atomic mass is 31.2. The zero-order chi connectivity index (χ0) is 19.6. The zero-order valence-corrected chi connectivity index (χ0v) is 16.4. The van der Waals surface area contributed by atoms with Gasteiger partial charge in [-0.25, -0.2) is 9.63 Å². The number of carbonyl (C=O) groups excluding carboxylic acids is 2. The van der Waals surface area contributed by atoms with Crippen LogP contribution in [0.5, 0.6) is 0 Å².